The smallest absolute Gasteiger partial charge is 0.0478 e. The summed E-state index contributed by atoms with van der Waals surface area (Å²) >= 11 is 0. The van der Waals surface area contributed by atoms with Crippen LogP contribution in [0.5, 0.6) is 0 Å². The maximum absolute atomic E-state index is 9.46. The van der Waals surface area contributed by atoms with Crippen molar-refractivity contribution < 1.29 is 5.11 Å². The van der Waals surface area contributed by atoms with E-state index in [-0.39, 0.29) is 6.61 Å². The van der Waals surface area contributed by atoms with Gasteiger partial charge in [0.25, 0.3) is 0 Å². The lowest BCUT2D eigenvalue weighted by Gasteiger charge is -2.28. The SMILES string of the molecule is CC(C)C(CO)CN(C)c1ccc2c(c1)CCCC2. The molecule has 106 valence electrons. The molecular weight excluding hydrogens is 234 g/mol. The van der Waals surface area contributed by atoms with E-state index < -0.39 is 0 Å². The van der Waals surface area contributed by atoms with Gasteiger partial charge in [0, 0.05) is 31.8 Å². The van der Waals surface area contributed by atoms with Crippen molar-refractivity contribution in [1.82, 2.24) is 0 Å². The van der Waals surface area contributed by atoms with Gasteiger partial charge in [0.15, 0.2) is 0 Å². The van der Waals surface area contributed by atoms with E-state index in [2.05, 4.69) is 44.0 Å². The number of fused-ring (bicyclic) bond motifs is 1. The number of benzene rings is 1. The van der Waals surface area contributed by atoms with Crippen molar-refractivity contribution in [3.8, 4) is 0 Å². The molecule has 0 saturated carbocycles. The molecule has 1 aliphatic rings. The molecule has 1 aliphatic carbocycles. The summed E-state index contributed by atoms with van der Waals surface area (Å²) < 4.78 is 0. The van der Waals surface area contributed by atoms with Crippen molar-refractivity contribution in [2.75, 3.05) is 25.1 Å². The van der Waals surface area contributed by atoms with Crippen LogP contribution in [-0.2, 0) is 12.8 Å². The lowest BCUT2D eigenvalue weighted by Crippen LogP contribution is -2.30. The van der Waals surface area contributed by atoms with Gasteiger partial charge in [-0.1, -0.05) is 19.9 Å². The number of rotatable bonds is 5. The van der Waals surface area contributed by atoms with Crippen molar-refractivity contribution in [2.24, 2.45) is 11.8 Å². The summed E-state index contributed by atoms with van der Waals surface area (Å²) in [6.45, 7) is 5.56. The molecule has 2 nitrogen and oxygen atoms in total. The van der Waals surface area contributed by atoms with E-state index in [0.29, 0.717) is 11.8 Å². The third kappa shape index (κ3) is 3.50. The third-order valence-corrected chi connectivity index (χ3v) is 4.46. The van der Waals surface area contributed by atoms with Crippen LogP contribution in [0.4, 0.5) is 5.69 Å². The zero-order valence-electron chi connectivity index (χ0n) is 12.5. The molecule has 0 amide bonds. The highest BCUT2D eigenvalue weighted by Crippen LogP contribution is 2.26. The second kappa shape index (κ2) is 6.42. The van der Waals surface area contributed by atoms with Crippen molar-refractivity contribution in [3.05, 3.63) is 29.3 Å². The largest absolute Gasteiger partial charge is 0.396 e. The third-order valence-electron chi connectivity index (χ3n) is 4.46. The summed E-state index contributed by atoms with van der Waals surface area (Å²) in [6, 6.07) is 6.88. The summed E-state index contributed by atoms with van der Waals surface area (Å²) in [4.78, 5) is 2.29. The Morgan fingerprint density at radius 3 is 2.47 bits per heavy atom. The predicted molar refractivity (Wildman–Crippen MR) is 81.8 cm³/mol. The fraction of sp³-hybridized carbons (Fsp3) is 0.647. The fourth-order valence-corrected chi connectivity index (χ4v) is 2.89. The van der Waals surface area contributed by atoms with Crippen LogP contribution in [0, 0.1) is 11.8 Å². The Balaban J connectivity index is 2.08. The molecule has 1 atom stereocenters. The van der Waals surface area contributed by atoms with Gasteiger partial charge in [-0.2, -0.15) is 0 Å². The molecule has 0 aliphatic heterocycles. The number of anilines is 1. The number of aliphatic hydroxyl groups is 1. The maximum Gasteiger partial charge on any atom is 0.0478 e. The standard InChI is InChI=1S/C17H27NO/c1-13(2)16(12-19)11-18(3)17-9-8-14-6-4-5-7-15(14)10-17/h8-10,13,16,19H,4-7,11-12H2,1-3H3. The first-order valence-electron chi connectivity index (χ1n) is 7.55. The first-order valence-corrected chi connectivity index (χ1v) is 7.55. The number of nitrogens with zero attached hydrogens (tertiary/aromatic N) is 1. The van der Waals surface area contributed by atoms with Gasteiger partial charge in [-0.25, -0.2) is 0 Å². The molecule has 1 N–H and O–H groups in total. The topological polar surface area (TPSA) is 23.5 Å². The molecule has 0 radical (unpaired) electrons. The number of hydrogen-bond acceptors (Lipinski definition) is 2. The van der Waals surface area contributed by atoms with Crippen molar-refractivity contribution in [3.63, 3.8) is 0 Å². The predicted octanol–water partition coefficient (Wildman–Crippen LogP) is 3.27. The van der Waals surface area contributed by atoms with Gasteiger partial charge >= 0.3 is 0 Å². The summed E-state index contributed by atoms with van der Waals surface area (Å²) in [6.07, 6.45) is 5.13. The van der Waals surface area contributed by atoms with Crippen molar-refractivity contribution in [2.45, 2.75) is 39.5 Å². The molecule has 1 aromatic rings. The minimum atomic E-state index is 0.271. The lowest BCUT2D eigenvalue weighted by molar-refractivity contribution is 0.193. The van der Waals surface area contributed by atoms with E-state index >= 15 is 0 Å². The number of aryl methyl sites for hydroxylation is 2. The van der Waals surface area contributed by atoms with Gasteiger partial charge in [-0.3, -0.25) is 0 Å². The molecule has 0 heterocycles. The van der Waals surface area contributed by atoms with Crippen LogP contribution < -0.4 is 4.90 Å². The Morgan fingerprint density at radius 2 is 1.84 bits per heavy atom. The highest BCUT2D eigenvalue weighted by molar-refractivity contribution is 5.51. The molecule has 0 spiro atoms. The van der Waals surface area contributed by atoms with E-state index in [9.17, 15) is 5.11 Å². The van der Waals surface area contributed by atoms with Gasteiger partial charge in [-0.05, 0) is 54.9 Å². The normalized spacial score (nSPS) is 16.3. The minimum Gasteiger partial charge on any atom is -0.396 e. The van der Waals surface area contributed by atoms with Crippen molar-refractivity contribution in [1.29, 1.82) is 0 Å². The lowest BCUT2D eigenvalue weighted by atomic mass is 9.91. The first kappa shape index (κ1) is 14.4. The van der Waals surface area contributed by atoms with E-state index in [1.807, 2.05) is 0 Å². The Labute approximate surface area is 117 Å². The van der Waals surface area contributed by atoms with Crippen molar-refractivity contribution >= 4 is 5.69 Å². The Morgan fingerprint density at radius 1 is 1.16 bits per heavy atom. The van der Waals surface area contributed by atoms with Crippen LogP contribution >= 0.6 is 0 Å². The fourth-order valence-electron chi connectivity index (χ4n) is 2.89. The molecular formula is C17H27NO. The quantitative estimate of drug-likeness (QED) is 0.879. The van der Waals surface area contributed by atoms with Gasteiger partial charge in [0.1, 0.15) is 0 Å². The molecule has 1 aromatic carbocycles. The zero-order valence-corrected chi connectivity index (χ0v) is 12.5. The molecule has 1 unspecified atom stereocenters. The second-order valence-electron chi connectivity index (χ2n) is 6.23. The first-order chi connectivity index (χ1) is 9.11. The second-order valence-corrected chi connectivity index (χ2v) is 6.23. The average molecular weight is 261 g/mol. The summed E-state index contributed by atoms with van der Waals surface area (Å²) in [7, 11) is 2.13. The zero-order chi connectivity index (χ0) is 13.8. The number of hydrogen-bond donors (Lipinski definition) is 1. The Bertz CT molecular complexity index is 414. The van der Waals surface area contributed by atoms with Crippen LogP contribution in [0.2, 0.25) is 0 Å². The highest BCUT2D eigenvalue weighted by atomic mass is 16.3. The molecule has 2 rings (SSSR count). The Kier molecular flexibility index (Phi) is 4.87. The molecule has 2 heteroatoms. The maximum atomic E-state index is 9.46. The van der Waals surface area contributed by atoms with E-state index in [0.717, 1.165) is 6.54 Å². The average Bonchev–Trinajstić information content (AvgIpc) is 2.43. The molecule has 0 fully saturated rings. The van der Waals surface area contributed by atoms with E-state index in [1.54, 1.807) is 0 Å². The molecule has 0 aromatic heterocycles. The van der Waals surface area contributed by atoms with Gasteiger partial charge in [0.2, 0.25) is 0 Å². The minimum absolute atomic E-state index is 0.271. The van der Waals surface area contributed by atoms with Crippen LogP contribution in [-0.4, -0.2) is 25.3 Å². The van der Waals surface area contributed by atoms with Crippen LogP contribution in [0.1, 0.15) is 37.8 Å². The summed E-state index contributed by atoms with van der Waals surface area (Å²) in [5.74, 6) is 0.867. The summed E-state index contributed by atoms with van der Waals surface area (Å²) in [5.41, 5.74) is 4.35. The monoisotopic (exact) mass is 261 g/mol. The highest BCUT2D eigenvalue weighted by Gasteiger charge is 2.16. The Hall–Kier alpha value is -1.02. The molecule has 19 heavy (non-hydrogen) atoms. The van der Waals surface area contributed by atoms with Crippen LogP contribution in [0.3, 0.4) is 0 Å². The van der Waals surface area contributed by atoms with Gasteiger partial charge in [0.05, 0.1) is 0 Å². The summed E-state index contributed by atoms with van der Waals surface area (Å²) in [5, 5.41) is 9.46. The van der Waals surface area contributed by atoms with E-state index in [4.69, 9.17) is 0 Å². The number of aliphatic hydroxyl groups excluding tert-OH is 1. The van der Waals surface area contributed by atoms with Crippen LogP contribution in [0.25, 0.3) is 0 Å². The molecule has 0 bridgehead atoms. The van der Waals surface area contributed by atoms with Crippen LogP contribution in [0.15, 0.2) is 18.2 Å². The van der Waals surface area contributed by atoms with Gasteiger partial charge in [-0.15, -0.1) is 0 Å². The van der Waals surface area contributed by atoms with Gasteiger partial charge < -0.3 is 10.0 Å². The van der Waals surface area contributed by atoms with E-state index in [1.165, 1.54) is 42.5 Å². The molecule has 0 saturated heterocycles.